The van der Waals surface area contributed by atoms with E-state index in [4.69, 9.17) is 19.4 Å². The summed E-state index contributed by atoms with van der Waals surface area (Å²) in [5, 5.41) is 7.62. The number of alkyl carbamates (subject to hydrolysis) is 2. The van der Waals surface area contributed by atoms with E-state index >= 15 is 0 Å². The van der Waals surface area contributed by atoms with Crippen LogP contribution in [0.25, 0.3) is 44.4 Å². The average Bonchev–Trinajstić information content (AvgIpc) is 4.07. The summed E-state index contributed by atoms with van der Waals surface area (Å²) in [5.74, 6) is 0.962. The van der Waals surface area contributed by atoms with E-state index < -0.39 is 32.3 Å². The van der Waals surface area contributed by atoms with E-state index in [2.05, 4.69) is 82.2 Å². The normalized spacial score (nSPS) is 18.5. The van der Waals surface area contributed by atoms with Crippen molar-refractivity contribution in [2.24, 2.45) is 11.8 Å². The average molecular weight is 833 g/mol. The van der Waals surface area contributed by atoms with Crippen LogP contribution >= 0.6 is 0 Å². The van der Waals surface area contributed by atoms with Crippen molar-refractivity contribution in [2.45, 2.75) is 83.8 Å². The van der Waals surface area contributed by atoms with Crippen LogP contribution in [-0.2, 0) is 19.1 Å². The fraction of sp³-hybridized carbons (Fsp3) is 0.422. The minimum Gasteiger partial charge on any atom is -0.453 e. The molecule has 0 saturated carbocycles. The maximum absolute atomic E-state index is 13.9. The third-order valence-electron chi connectivity index (χ3n) is 11.9. The highest BCUT2D eigenvalue weighted by atomic mass is 28.3. The molecule has 5 aromatic rings. The molecule has 316 valence electrons. The highest BCUT2D eigenvalue weighted by Gasteiger charge is 2.46. The molecule has 4 N–H and O–H groups in total. The van der Waals surface area contributed by atoms with Crippen molar-refractivity contribution in [1.82, 2.24) is 40.4 Å². The topological polar surface area (TPSA) is 175 Å². The number of H-pyrrole nitrogens is 2. The molecule has 14 nitrogen and oxygen atoms in total. The second-order valence-corrected chi connectivity index (χ2v) is 22.5. The van der Waals surface area contributed by atoms with Crippen molar-refractivity contribution >= 4 is 42.8 Å². The maximum Gasteiger partial charge on any atom is 0.407 e. The number of nitrogens with one attached hydrogen (secondary N) is 4. The quantitative estimate of drug-likeness (QED) is 0.0974. The summed E-state index contributed by atoms with van der Waals surface area (Å²) in [6.45, 7) is 12.8. The van der Waals surface area contributed by atoms with Gasteiger partial charge in [-0.1, -0.05) is 101 Å². The van der Waals surface area contributed by atoms with Crippen LogP contribution in [0.4, 0.5) is 9.59 Å². The third-order valence-corrected chi connectivity index (χ3v) is 14.6. The summed E-state index contributed by atoms with van der Waals surface area (Å²) in [5.41, 5.74) is 5.85. The molecule has 0 unspecified atom stereocenters. The van der Waals surface area contributed by atoms with Crippen LogP contribution in [0.1, 0.15) is 64.3 Å². The Hall–Kier alpha value is -5.96. The van der Waals surface area contributed by atoms with Gasteiger partial charge in [-0.25, -0.2) is 19.6 Å². The number of nitrogens with zero attached hydrogens (tertiary/aromatic N) is 4. The van der Waals surface area contributed by atoms with Crippen LogP contribution in [0.3, 0.4) is 0 Å². The summed E-state index contributed by atoms with van der Waals surface area (Å²) in [7, 11) is 0.831. The van der Waals surface area contributed by atoms with Crippen LogP contribution in [0, 0.1) is 11.8 Å². The third kappa shape index (κ3) is 8.53. The molecule has 0 bridgehead atoms. The van der Waals surface area contributed by atoms with Crippen molar-refractivity contribution in [2.75, 3.05) is 26.9 Å². The lowest BCUT2D eigenvalue weighted by Crippen LogP contribution is -2.52. The van der Waals surface area contributed by atoms with Gasteiger partial charge in [0.15, 0.2) is 0 Å². The lowest BCUT2D eigenvalue weighted by molar-refractivity contribution is -0.136. The first kappa shape index (κ1) is 42.2. The van der Waals surface area contributed by atoms with Crippen molar-refractivity contribution in [3.63, 3.8) is 0 Å². The Kier molecular flexibility index (Phi) is 12.2. The zero-order chi connectivity index (χ0) is 42.9. The van der Waals surface area contributed by atoms with Gasteiger partial charge in [0.1, 0.15) is 23.7 Å². The molecule has 2 saturated heterocycles. The number of ether oxygens (including phenoxy) is 2. The van der Waals surface area contributed by atoms with E-state index in [0.717, 1.165) is 74.9 Å². The first-order chi connectivity index (χ1) is 28.7. The summed E-state index contributed by atoms with van der Waals surface area (Å²) >= 11 is 0. The number of fused-ring (bicyclic) bond motifs is 1. The molecule has 15 heteroatoms. The number of amides is 4. The Balaban J connectivity index is 1.11. The molecule has 0 aliphatic carbocycles. The number of carbonyl (C=O) groups excluding carboxylic acids is 4. The van der Waals surface area contributed by atoms with E-state index in [1.165, 1.54) is 14.2 Å². The molecule has 0 spiro atoms. The standard InChI is InChI=1S/C45H56N8O6Si/c1-26(2)38(50-44(56)58-5)42(54)52-21-11-14-36(52)40-47-23-35(49-40)33-20-19-30(31-12-9-10-13-32(31)33)28-15-17-29(18-16-28)34-22-46-41(48-34)37-24-60(7,8)25-53(37)43(55)39(27(3)4)51-45(57)59-6/h9-10,12-13,15-20,22-23,26-27,36-39H,11,14,21,24-25H2,1-8H3,(H,46,48)(H,47,49)(H,50,56)(H,51,57)/t36-,37-,38-,39-/m0/s1. The number of hydrogen-bond donors (Lipinski definition) is 4. The van der Waals surface area contributed by atoms with Gasteiger partial charge in [0.05, 0.1) is 58.2 Å². The van der Waals surface area contributed by atoms with Crippen molar-refractivity contribution < 1.29 is 28.7 Å². The van der Waals surface area contributed by atoms with Crippen LogP contribution in [0.15, 0.2) is 73.1 Å². The summed E-state index contributed by atoms with van der Waals surface area (Å²) in [4.78, 5) is 72.2. The SMILES string of the molecule is COC(=O)N[C@H](C(=O)N1C[Si](C)(C)C[C@H]1c1ncc(-c2ccc(-c3ccc(-c4cnc([C@@H]5CCCN5C(=O)[C@@H](NC(=O)OC)C(C)C)[nH]4)c4ccccc34)cc2)[nH]1)C(C)C. The number of hydrogen-bond acceptors (Lipinski definition) is 8. The lowest BCUT2D eigenvalue weighted by atomic mass is 9.93. The Labute approximate surface area is 351 Å². The molecule has 7 rings (SSSR count). The fourth-order valence-electron chi connectivity index (χ4n) is 8.73. The van der Waals surface area contributed by atoms with Gasteiger partial charge in [-0.15, -0.1) is 0 Å². The van der Waals surface area contributed by atoms with E-state index in [-0.39, 0.29) is 35.7 Å². The molecule has 4 amide bonds. The predicted octanol–water partition coefficient (Wildman–Crippen LogP) is 7.84. The lowest BCUT2D eigenvalue weighted by Gasteiger charge is -2.30. The van der Waals surface area contributed by atoms with E-state index in [9.17, 15) is 19.2 Å². The molecule has 2 aliphatic heterocycles. The van der Waals surface area contributed by atoms with Crippen molar-refractivity contribution in [3.05, 3.63) is 84.7 Å². The zero-order valence-electron chi connectivity index (χ0n) is 35.7. The number of benzene rings is 3. The maximum atomic E-state index is 13.9. The molecule has 60 heavy (non-hydrogen) atoms. The Morgan fingerprint density at radius 3 is 1.82 bits per heavy atom. The first-order valence-electron chi connectivity index (χ1n) is 20.7. The number of aromatic amines is 2. The van der Waals surface area contributed by atoms with Gasteiger partial charge < -0.3 is 39.9 Å². The second kappa shape index (κ2) is 17.3. The first-order valence-corrected chi connectivity index (χ1v) is 24.1. The molecular weight excluding hydrogens is 777 g/mol. The number of imidazole rings is 2. The largest absolute Gasteiger partial charge is 0.453 e. The molecule has 0 radical (unpaired) electrons. The minimum atomic E-state index is -1.76. The van der Waals surface area contributed by atoms with Gasteiger partial charge >= 0.3 is 12.2 Å². The molecule has 4 heterocycles. The smallest absolute Gasteiger partial charge is 0.407 e. The summed E-state index contributed by atoms with van der Waals surface area (Å²) in [6.07, 6.45) is 4.70. The van der Waals surface area contributed by atoms with E-state index in [1.54, 1.807) is 0 Å². The molecule has 4 atom stereocenters. The van der Waals surface area contributed by atoms with Crippen molar-refractivity contribution in [3.8, 4) is 33.6 Å². The Bertz CT molecular complexity index is 2370. The number of aromatic nitrogens is 4. The predicted molar refractivity (Wildman–Crippen MR) is 233 cm³/mol. The highest BCUT2D eigenvalue weighted by Crippen LogP contribution is 2.40. The van der Waals surface area contributed by atoms with Crippen LogP contribution in [0.2, 0.25) is 19.1 Å². The van der Waals surface area contributed by atoms with Crippen molar-refractivity contribution in [1.29, 1.82) is 0 Å². The fourth-order valence-corrected chi connectivity index (χ4v) is 11.6. The van der Waals surface area contributed by atoms with Gasteiger partial charge in [0.2, 0.25) is 11.8 Å². The number of carbonyl (C=O) groups is 4. The highest BCUT2D eigenvalue weighted by molar-refractivity contribution is 6.78. The van der Waals surface area contributed by atoms with Gasteiger partial charge in [-0.2, -0.15) is 0 Å². The molecule has 2 aliphatic rings. The Morgan fingerprint density at radius 1 is 0.700 bits per heavy atom. The van der Waals surface area contributed by atoms with Crippen LogP contribution in [0.5, 0.6) is 0 Å². The van der Waals surface area contributed by atoms with Crippen LogP contribution < -0.4 is 10.6 Å². The molecule has 2 aromatic heterocycles. The van der Waals surface area contributed by atoms with E-state index in [0.29, 0.717) is 12.7 Å². The van der Waals surface area contributed by atoms with Crippen LogP contribution in [-0.4, -0.2) is 101 Å². The Morgan fingerprint density at radius 2 is 1.22 bits per heavy atom. The summed E-state index contributed by atoms with van der Waals surface area (Å²) in [6, 6.07) is 20.0. The number of likely N-dealkylation sites (tertiary alicyclic amines) is 1. The monoisotopic (exact) mass is 832 g/mol. The minimum absolute atomic E-state index is 0.116. The van der Waals surface area contributed by atoms with E-state index in [1.807, 2.05) is 62.0 Å². The number of methoxy groups -OCH3 is 2. The zero-order valence-corrected chi connectivity index (χ0v) is 36.7. The molecular formula is C45H56N8O6Si. The van der Waals surface area contributed by atoms with Gasteiger partial charge in [-0.3, -0.25) is 9.59 Å². The second-order valence-electron chi connectivity index (χ2n) is 17.4. The van der Waals surface area contributed by atoms with Gasteiger partial charge in [0, 0.05) is 18.3 Å². The number of rotatable bonds is 11. The van der Waals surface area contributed by atoms with Gasteiger partial charge in [0.25, 0.3) is 0 Å². The molecule has 3 aromatic carbocycles. The molecule has 2 fully saturated rings. The summed E-state index contributed by atoms with van der Waals surface area (Å²) < 4.78 is 9.61. The van der Waals surface area contributed by atoms with Gasteiger partial charge in [-0.05, 0) is 58.2 Å².